The summed E-state index contributed by atoms with van der Waals surface area (Å²) in [5.74, 6) is -0.0676. The molecule has 6 nitrogen and oxygen atoms in total. The van der Waals surface area contributed by atoms with E-state index >= 15 is 0 Å². The molecule has 0 radical (unpaired) electrons. The van der Waals surface area contributed by atoms with Gasteiger partial charge in [-0.3, -0.25) is 4.79 Å². The topological polar surface area (TPSA) is 69.7 Å². The highest BCUT2D eigenvalue weighted by molar-refractivity contribution is 7.89. The van der Waals surface area contributed by atoms with Crippen LogP contribution in [0.15, 0.2) is 65.6 Å². The first kappa shape index (κ1) is 20.9. The number of hydrogen-bond donors (Lipinski definition) is 1. The number of sulfonamides is 1. The standard InChI is InChI=1S/C20H27N3O3S/c1-22(18-10-5-3-6-11-18)17-15-21-20(24)14-9-16-23(2)27(25,26)19-12-7-4-8-13-19/h3-8,10-13H,9,14-17H2,1-2H3,(H,21,24). The predicted octanol–water partition coefficient (Wildman–Crippen LogP) is 2.34. The number of nitrogens with zero attached hydrogens (tertiary/aromatic N) is 2. The van der Waals surface area contributed by atoms with Gasteiger partial charge in [-0.05, 0) is 30.7 Å². The number of nitrogens with one attached hydrogen (secondary N) is 1. The van der Waals surface area contributed by atoms with Crippen molar-refractivity contribution in [3.05, 3.63) is 60.7 Å². The Bertz CT molecular complexity index is 811. The van der Waals surface area contributed by atoms with E-state index in [0.717, 1.165) is 5.69 Å². The molecule has 0 aliphatic carbocycles. The highest BCUT2D eigenvalue weighted by atomic mass is 32.2. The zero-order chi connectivity index (χ0) is 19.7. The van der Waals surface area contributed by atoms with E-state index in [1.165, 1.54) is 11.4 Å². The summed E-state index contributed by atoms with van der Waals surface area (Å²) in [6.07, 6.45) is 0.770. The van der Waals surface area contributed by atoms with Gasteiger partial charge in [-0.1, -0.05) is 36.4 Å². The number of rotatable bonds is 10. The largest absolute Gasteiger partial charge is 0.373 e. The molecule has 0 saturated carbocycles. The van der Waals surface area contributed by atoms with Gasteiger partial charge in [-0.15, -0.1) is 0 Å². The minimum Gasteiger partial charge on any atom is -0.373 e. The molecule has 146 valence electrons. The first-order valence-electron chi connectivity index (χ1n) is 8.95. The normalized spacial score (nSPS) is 11.4. The average Bonchev–Trinajstić information content (AvgIpc) is 2.69. The molecule has 0 aliphatic heterocycles. The summed E-state index contributed by atoms with van der Waals surface area (Å²) in [5.41, 5.74) is 1.10. The number of hydrogen-bond acceptors (Lipinski definition) is 4. The van der Waals surface area contributed by atoms with Crippen LogP contribution in [0.1, 0.15) is 12.8 Å². The van der Waals surface area contributed by atoms with Crippen LogP contribution in [0.3, 0.4) is 0 Å². The van der Waals surface area contributed by atoms with E-state index < -0.39 is 10.0 Å². The number of carbonyl (C=O) groups is 1. The summed E-state index contributed by atoms with van der Waals surface area (Å²) in [6.45, 7) is 1.55. The van der Waals surface area contributed by atoms with Crippen molar-refractivity contribution in [2.45, 2.75) is 17.7 Å². The van der Waals surface area contributed by atoms with E-state index in [1.807, 2.05) is 37.4 Å². The summed E-state index contributed by atoms with van der Waals surface area (Å²) in [6, 6.07) is 18.3. The van der Waals surface area contributed by atoms with E-state index in [-0.39, 0.29) is 10.8 Å². The van der Waals surface area contributed by atoms with Gasteiger partial charge in [-0.25, -0.2) is 12.7 Å². The van der Waals surface area contributed by atoms with Gasteiger partial charge in [0.2, 0.25) is 15.9 Å². The van der Waals surface area contributed by atoms with E-state index in [1.54, 1.807) is 30.3 Å². The lowest BCUT2D eigenvalue weighted by atomic mass is 10.3. The van der Waals surface area contributed by atoms with Crippen LogP contribution in [0.2, 0.25) is 0 Å². The first-order chi connectivity index (χ1) is 12.9. The Kier molecular flexibility index (Phi) is 7.82. The molecule has 2 aromatic rings. The fourth-order valence-corrected chi connectivity index (χ4v) is 3.85. The lowest BCUT2D eigenvalue weighted by Crippen LogP contribution is -2.33. The number of carbonyl (C=O) groups excluding carboxylic acids is 1. The molecule has 0 spiro atoms. The van der Waals surface area contributed by atoms with Gasteiger partial charge < -0.3 is 10.2 Å². The van der Waals surface area contributed by atoms with Crippen LogP contribution in [0.5, 0.6) is 0 Å². The molecule has 0 aliphatic rings. The van der Waals surface area contributed by atoms with E-state index in [2.05, 4.69) is 10.2 Å². The maximum atomic E-state index is 12.4. The van der Waals surface area contributed by atoms with E-state index in [4.69, 9.17) is 0 Å². The number of likely N-dealkylation sites (N-methyl/N-ethyl adjacent to an activating group) is 1. The molecule has 7 heteroatoms. The van der Waals surface area contributed by atoms with Crippen molar-refractivity contribution in [2.24, 2.45) is 0 Å². The fourth-order valence-electron chi connectivity index (χ4n) is 2.62. The molecule has 0 bridgehead atoms. The van der Waals surface area contributed by atoms with Crippen LogP contribution in [-0.2, 0) is 14.8 Å². The summed E-state index contributed by atoms with van der Waals surface area (Å²) in [4.78, 5) is 14.3. The quantitative estimate of drug-likeness (QED) is 0.677. The van der Waals surface area contributed by atoms with Gasteiger partial charge >= 0.3 is 0 Å². The molecule has 2 rings (SSSR count). The molecule has 1 amide bonds. The van der Waals surface area contributed by atoms with Crippen molar-refractivity contribution >= 4 is 21.6 Å². The Morgan fingerprint density at radius 2 is 1.52 bits per heavy atom. The molecular formula is C20H27N3O3S. The first-order valence-corrected chi connectivity index (χ1v) is 10.4. The summed E-state index contributed by atoms with van der Waals surface area (Å²) in [7, 11) is 0.0130. The zero-order valence-electron chi connectivity index (χ0n) is 15.8. The summed E-state index contributed by atoms with van der Waals surface area (Å²) >= 11 is 0. The molecule has 0 saturated heterocycles. The maximum Gasteiger partial charge on any atom is 0.242 e. The van der Waals surface area contributed by atoms with Crippen LogP contribution >= 0.6 is 0 Å². The van der Waals surface area contributed by atoms with Crippen molar-refractivity contribution in [1.29, 1.82) is 0 Å². The Hall–Kier alpha value is -2.38. The smallest absolute Gasteiger partial charge is 0.242 e. The molecule has 0 atom stereocenters. The number of amides is 1. The molecular weight excluding hydrogens is 362 g/mol. The molecule has 0 aromatic heterocycles. The second kappa shape index (κ2) is 10.1. The monoisotopic (exact) mass is 389 g/mol. The van der Waals surface area contributed by atoms with Crippen LogP contribution in [0.25, 0.3) is 0 Å². The summed E-state index contributed by atoms with van der Waals surface area (Å²) < 4.78 is 26.1. The van der Waals surface area contributed by atoms with Gasteiger partial charge in [0.1, 0.15) is 0 Å². The molecule has 27 heavy (non-hydrogen) atoms. The van der Waals surface area contributed by atoms with Crippen molar-refractivity contribution in [3.63, 3.8) is 0 Å². The van der Waals surface area contributed by atoms with E-state index in [0.29, 0.717) is 32.5 Å². The Morgan fingerprint density at radius 3 is 2.15 bits per heavy atom. The second-order valence-corrected chi connectivity index (χ2v) is 8.40. The molecule has 1 N–H and O–H groups in total. The predicted molar refractivity (Wildman–Crippen MR) is 108 cm³/mol. The zero-order valence-corrected chi connectivity index (χ0v) is 16.7. The maximum absolute atomic E-state index is 12.4. The minimum atomic E-state index is -3.50. The van der Waals surface area contributed by atoms with Crippen LogP contribution < -0.4 is 10.2 Å². The molecule has 2 aromatic carbocycles. The van der Waals surface area contributed by atoms with Gasteiger partial charge in [-0.2, -0.15) is 0 Å². The van der Waals surface area contributed by atoms with Crippen LogP contribution in [-0.4, -0.2) is 52.4 Å². The van der Waals surface area contributed by atoms with Crippen molar-refractivity contribution in [2.75, 3.05) is 38.6 Å². The number of anilines is 1. The summed E-state index contributed by atoms with van der Waals surface area (Å²) in [5, 5.41) is 2.88. The van der Waals surface area contributed by atoms with Crippen molar-refractivity contribution in [3.8, 4) is 0 Å². The van der Waals surface area contributed by atoms with Gasteiger partial charge in [0, 0.05) is 45.8 Å². The van der Waals surface area contributed by atoms with Crippen molar-refractivity contribution < 1.29 is 13.2 Å². The number of para-hydroxylation sites is 1. The fraction of sp³-hybridized carbons (Fsp3) is 0.350. The SMILES string of the molecule is CN(CCNC(=O)CCCN(C)S(=O)(=O)c1ccccc1)c1ccccc1. The highest BCUT2D eigenvalue weighted by Crippen LogP contribution is 2.14. The van der Waals surface area contributed by atoms with Gasteiger partial charge in [0.15, 0.2) is 0 Å². The third-order valence-electron chi connectivity index (χ3n) is 4.29. The van der Waals surface area contributed by atoms with Crippen LogP contribution in [0, 0.1) is 0 Å². The molecule has 0 fully saturated rings. The molecule has 0 unspecified atom stereocenters. The lowest BCUT2D eigenvalue weighted by molar-refractivity contribution is -0.121. The van der Waals surface area contributed by atoms with Crippen LogP contribution in [0.4, 0.5) is 5.69 Å². The van der Waals surface area contributed by atoms with E-state index in [9.17, 15) is 13.2 Å². The Morgan fingerprint density at radius 1 is 0.926 bits per heavy atom. The highest BCUT2D eigenvalue weighted by Gasteiger charge is 2.19. The third-order valence-corrected chi connectivity index (χ3v) is 6.17. The number of benzene rings is 2. The van der Waals surface area contributed by atoms with Crippen molar-refractivity contribution in [1.82, 2.24) is 9.62 Å². The average molecular weight is 390 g/mol. The Balaban J connectivity index is 1.68. The minimum absolute atomic E-state index is 0.0676. The second-order valence-electron chi connectivity index (χ2n) is 6.35. The lowest BCUT2D eigenvalue weighted by Gasteiger charge is -2.19. The van der Waals surface area contributed by atoms with Gasteiger partial charge in [0.05, 0.1) is 4.90 Å². The Labute approximate surface area is 161 Å². The van der Waals surface area contributed by atoms with Gasteiger partial charge in [0.25, 0.3) is 0 Å². The third kappa shape index (κ3) is 6.37. The molecule has 0 heterocycles.